The summed E-state index contributed by atoms with van der Waals surface area (Å²) in [6.45, 7) is 7.03. The minimum atomic E-state index is -1.00. The first kappa shape index (κ1) is 12.6. The quantitative estimate of drug-likeness (QED) is 0.464. The Morgan fingerprint density at radius 3 is 2.21 bits per heavy atom. The Kier molecular flexibility index (Phi) is 4.77. The van der Waals surface area contributed by atoms with Crippen molar-refractivity contribution in [3.63, 3.8) is 0 Å². The number of rotatable bonds is 5. The van der Waals surface area contributed by atoms with Gasteiger partial charge >= 0.3 is 5.97 Å². The molecule has 0 rings (SSSR count). The van der Waals surface area contributed by atoms with E-state index in [0.717, 1.165) is 0 Å². The number of hydrogen-bond acceptors (Lipinski definition) is 3. The van der Waals surface area contributed by atoms with Crippen molar-refractivity contribution >= 4 is 5.97 Å². The van der Waals surface area contributed by atoms with Gasteiger partial charge in [0.05, 0.1) is 5.76 Å². The lowest BCUT2D eigenvalue weighted by atomic mass is 9.93. The van der Waals surface area contributed by atoms with E-state index < -0.39 is 5.97 Å². The van der Waals surface area contributed by atoms with Crippen molar-refractivity contribution < 1.29 is 15.0 Å². The second-order valence-electron chi connectivity index (χ2n) is 3.27. The van der Waals surface area contributed by atoms with Crippen LogP contribution in [0, 0.1) is 11.8 Å². The minimum Gasteiger partial charge on any atom is -0.513 e. The molecule has 4 nitrogen and oxygen atoms in total. The van der Waals surface area contributed by atoms with Crippen LogP contribution >= 0.6 is 0 Å². The van der Waals surface area contributed by atoms with Crippen LogP contribution in [-0.2, 0) is 4.79 Å². The van der Waals surface area contributed by atoms with Crippen LogP contribution < -0.4 is 5.32 Å². The Bertz CT molecular complexity index is 258. The summed E-state index contributed by atoms with van der Waals surface area (Å²) in [4.78, 5) is 10.6. The number of likely N-dealkylation sites (N-methyl/N-ethyl adjacent to an activating group) is 1. The maximum Gasteiger partial charge on any atom is 0.351 e. The lowest BCUT2D eigenvalue weighted by Crippen LogP contribution is -2.18. The van der Waals surface area contributed by atoms with Crippen molar-refractivity contribution in [1.82, 2.24) is 5.32 Å². The van der Waals surface area contributed by atoms with Crippen LogP contribution in [0.5, 0.6) is 0 Å². The highest BCUT2D eigenvalue weighted by Crippen LogP contribution is 2.18. The summed E-state index contributed by atoms with van der Waals surface area (Å²) >= 11 is 0. The van der Waals surface area contributed by atoms with Gasteiger partial charge in [-0.3, -0.25) is 0 Å². The topological polar surface area (TPSA) is 69.6 Å². The molecule has 0 aliphatic carbocycles. The fraction of sp³-hybridized carbons (Fsp3) is 0.500. The maximum atomic E-state index is 10.6. The molecule has 0 spiro atoms. The standard InChI is InChI=1S/C10H17NO3/c1-6(7(2)8(3)12)5-9(11-4)10(13)14/h5-7,11-12H,3H2,1-2,4H3,(H,13,14)/b9-5-. The average Bonchev–Trinajstić information content (AvgIpc) is 2.11. The molecule has 0 aromatic rings. The van der Waals surface area contributed by atoms with Crippen LogP contribution in [0.15, 0.2) is 24.1 Å². The number of carboxylic acid groups (broad SMARTS) is 1. The van der Waals surface area contributed by atoms with Crippen LogP contribution in [0.3, 0.4) is 0 Å². The fourth-order valence-corrected chi connectivity index (χ4v) is 0.972. The SMILES string of the molecule is C=C(O)C(C)C(C)/C=C(\NC)C(=O)O. The fourth-order valence-electron chi connectivity index (χ4n) is 0.972. The molecule has 3 N–H and O–H groups in total. The molecule has 0 saturated heterocycles. The molecule has 14 heavy (non-hydrogen) atoms. The van der Waals surface area contributed by atoms with Gasteiger partial charge in [-0.15, -0.1) is 0 Å². The predicted octanol–water partition coefficient (Wildman–Crippen LogP) is 1.52. The zero-order valence-electron chi connectivity index (χ0n) is 8.74. The number of aliphatic hydroxyl groups is 1. The molecule has 0 amide bonds. The molecular formula is C10H17NO3. The molecule has 0 aliphatic rings. The van der Waals surface area contributed by atoms with E-state index >= 15 is 0 Å². The number of carboxylic acids is 1. The van der Waals surface area contributed by atoms with Crippen molar-refractivity contribution in [2.45, 2.75) is 13.8 Å². The Labute approximate surface area is 83.9 Å². The summed E-state index contributed by atoms with van der Waals surface area (Å²) < 4.78 is 0. The molecule has 0 radical (unpaired) electrons. The summed E-state index contributed by atoms with van der Waals surface area (Å²) in [5, 5.41) is 20.4. The first-order chi connectivity index (χ1) is 6.40. The normalized spacial score (nSPS) is 15.8. The van der Waals surface area contributed by atoms with Crippen LogP contribution in [0.4, 0.5) is 0 Å². The molecule has 0 heterocycles. The Morgan fingerprint density at radius 1 is 1.43 bits per heavy atom. The van der Waals surface area contributed by atoms with Crippen LogP contribution in [-0.4, -0.2) is 23.2 Å². The molecule has 0 aromatic carbocycles. The van der Waals surface area contributed by atoms with Crippen LogP contribution in [0.1, 0.15) is 13.8 Å². The molecule has 0 fully saturated rings. The lowest BCUT2D eigenvalue weighted by molar-refractivity contribution is -0.133. The predicted molar refractivity (Wildman–Crippen MR) is 54.9 cm³/mol. The van der Waals surface area contributed by atoms with Crippen molar-refractivity contribution in [2.75, 3.05) is 7.05 Å². The van der Waals surface area contributed by atoms with Gasteiger partial charge in [-0.1, -0.05) is 26.5 Å². The van der Waals surface area contributed by atoms with E-state index in [1.54, 1.807) is 20.0 Å². The van der Waals surface area contributed by atoms with Gasteiger partial charge < -0.3 is 15.5 Å². The van der Waals surface area contributed by atoms with Crippen molar-refractivity contribution in [1.29, 1.82) is 0 Å². The first-order valence-electron chi connectivity index (χ1n) is 4.40. The smallest absolute Gasteiger partial charge is 0.351 e. The monoisotopic (exact) mass is 199 g/mol. The van der Waals surface area contributed by atoms with Gasteiger partial charge in [0.15, 0.2) is 0 Å². The van der Waals surface area contributed by atoms with Gasteiger partial charge in [0.1, 0.15) is 5.70 Å². The number of aliphatic hydroxyl groups excluding tert-OH is 1. The summed E-state index contributed by atoms with van der Waals surface area (Å²) in [7, 11) is 1.55. The van der Waals surface area contributed by atoms with Gasteiger partial charge in [-0.25, -0.2) is 4.79 Å². The number of nitrogens with one attached hydrogen (secondary N) is 1. The number of aliphatic carboxylic acids is 1. The molecule has 0 aliphatic heterocycles. The second kappa shape index (κ2) is 5.32. The van der Waals surface area contributed by atoms with Gasteiger partial charge in [-0.2, -0.15) is 0 Å². The first-order valence-corrected chi connectivity index (χ1v) is 4.40. The Hall–Kier alpha value is -1.45. The third-order valence-electron chi connectivity index (χ3n) is 2.24. The van der Waals surface area contributed by atoms with E-state index in [9.17, 15) is 4.79 Å². The second-order valence-corrected chi connectivity index (χ2v) is 3.27. The zero-order chi connectivity index (χ0) is 11.3. The summed E-state index contributed by atoms with van der Waals surface area (Å²) in [6, 6.07) is 0. The van der Waals surface area contributed by atoms with Crippen molar-refractivity contribution in [3.8, 4) is 0 Å². The highest BCUT2D eigenvalue weighted by Gasteiger charge is 2.15. The van der Waals surface area contributed by atoms with E-state index in [1.165, 1.54) is 0 Å². The maximum absolute atomic E-state index is 10.6. The third kappa shape index (κ3) is 3.51. The Balaban J connectivity index is 4.61. The molecule has 4 heteroatoms. The van der Waals surface area contributed by atoms with E-state index in [0.29, 0.717) is 0 Å². The number of carbonyl (C=O) groups is 1. The van der Waals surface area contributed by atoms with E-state index in [1.807, 2.05) is 6.92 Å². The summed E-state index contributed by atoms with van der Waals surface area (Å²) in [6.07, 6.45) is 1.56. The van der Waals surface area contributed by atoms with Gasteiger partial charge in [0.2, 0.25) is 0 Å². The molecule has 2 unspecified atom stereocenters. The minimum absolute atomic E-state index is 0.0644. The summed E-state index contributed by atoms with van der Waals surface area (Å²) in [5.41, 5.74) is 0.130. The number of hydrogen-bond donors (Lipinski definition) is 3. The molecule has 80 valence electrons. The highest BCUT2D eigenvalue weighted by molar-refractivity contribution is 5.85. The van der Waals surface area contributed by atoms with Crippen molar-refractivity contribution in [3.05, 3.63) is 24.1 Å². The van der Waals surface area contributed by atoms with E-state index in [4.69, 9.17) is 10.2 Å². The van der Waals surface area contributed by atoms with Gasteiger partial charge in [0.25, 0.3) is 0 Å². The van der Waals surface area contributed by atoms with E-state index in [-0.39, 0.29) is 23.3 Å². The van der Waals surface area contributed by atoms with E-state index in [2.05, 4.69) is 11.9 Å². The highest BCUT2D eigenvalue weighted by atomic mass is 16.4. The third-order valence-corrected chi connectivity index (χ3v) is 2.24. The molecular weight excluding hydrogens is 182 g/mol. The van der Waals surface area contributed by atoms with Crippen molar-refractivity contribution in [2.24, 2.45) is 11.8 Å². The van der Waals surface area contributed by atoms with Crippen LogP contribution in [0.2, 0.25) is 0 Å². The van der Waals surface area contributed by atoms with Gasteiger partial charge in [-0.05, 0) is 5.92 Å². The Morgan fingerprint density at radius 2 is 1.93 bits per heavy atom. The largest absolute Gasteiger partial charge is 0.513 e. The zero-order valence-corrected chi connectivity index (χ0v) is 8.74. The molecule has 0 bridgehead atoms. The lowest BCUT2D eigenvalue weighted by Gasteiger charge is -2.15. The van der Waals surface area contributed by atoms with Gasteiger partial charge in [0, 0.05) is 13.0 Å². The molecule has 0 saturated carbocycles. The number of allylic oxidation sites excluding steroid dienone is 2. The molecule has 0 aromatic heterocycles. The molecule has 2 atom stereocenters. The van der Waals surface area contributed by atoms with Crippen LogP contribution in [0.25, 0.3) is 0 Å². The average molecular weight is 199 g/mol. The summed E-state index contributed by atoms with van der Waals surface area (Å²) in [5.74, 6) is -1.17.